The number of unbranched alkanes of at least 4 members (excludes halogenated alkanes) is 11. The first-order valence-corrected chi connectivity index (χ1v) is 33.1. The molecule has 0 saturated carbocycles. The van der Waals surface area contributed by atoms with Crippen molar-refractivity contribution in [3.8, 4) is 0 Å². The fraction of sp³-hybridized carbons (Fsp3) is 0.619. The molecule has 0 heterocycles. The number of carbonyl (C=O) groups is 4. The van der Waals surface area contributed by atoms with Crippen LogP contribution in [-0.4, -0.2) is 87.8 Å². The summed E-state index contributed by atoms with van der Waals surface area (Å²) in [6.45, 7) is 2.37. The summed E-state index contributed by atoms with van der Waals surface area (Å²) in [6, 6.07) is 17.7. The van der Waals surface area contributed by atoms with E-state index in [9.17, 15) is 19.2 Å². The minimum atomic E-state index is -1.18. The second-order valence-corrected chi connectivity index (χ2v) is 32.1. The standard InChI is InChI=1S/C42H64As2O8S2/c1-5-6-7-8-12-22-29-40(46)51-37(33-53-43(2)3)31-49-39(45)28-21-13-10-9-11-14-23-30-44(4)54-34-38(52-42(48)36-26-19-16-20-27-36)32-50-41(47)35-24-17-15-18-25-35/h15-20,24-27,37-38H,5-14,21-23,28-34H2,1-4H3. The number of ether oxygens (including phenoxy) is 4. The number of benzene rings is 2. The van der Waals surface area contributed by atoms with Crippen LogP contribution in [0.4, 0.5) is 0 Å². The van der Waals surface area contributed by atoms with Gasteiger partial charge in [0.15, 0.2) is 0 Å². The van der Waals surface area contributed by atoms with E-state index in [1.165, 1.54) is 43.7 Å². The van der Waals surface area contributed by atoms with E-state index < -0.39 is 45.0 Å². The van der Waals surface area contributed by atoms with Crippen LogP contribution >= 0.6 is 20.0 Å². The Morgan fingerprint density at radius 1 is 0.556 bits per heavy atom. The summed E-state index contributed by atoms with van der Waals surface area (Å²) < 4.78 is 22.6. The minimum absolute atomic E-state index is 0.0212. The van der Waals surface area contributed by atoms with E-state index in [4.69, 9.17) is 18.9 Å². The Hall–Kier alpha value is -1.86. The van der Waals surface area contributed by atoms with Crippen LogP contribution in [0.3, 0.4) is 0 Å². The molecule has 0 saturated heterocycles. The van der Waals surface area contributed by atoms with Gasteiger partial charge in [-0.1, -0.05) is 6.92 Å². The first-order valence-electron chi connectivity index (χ1n) is 19.7. The van der Waals surface area contributed by atoms with E-state index in [-0.39, 0.29) is 31.3 Å². The molecule has 0 radical (unpaired) electrons. The number of rotatable bonds is 31. The van der Waals surface area contributed by atoms with Crippen molar-refractivity contribution in [1.82, 2.24) is 0 Å². The van der Waals surface area contributed by atoms with Crippen LogP contribution in [-0.2, 0) is 28.5 Å². The molecule has 2 aromatic rings. The van der Waals surface area contributed by atoms with Crippen LogP contribution in [0.25, 0.3) is 0 Å². The summed E-state index contributed by atoms with van der Waals surface area (Å²) in [5.41, 5.74) is 7.79. The summed E-state index contributed by atoms with van der Waals surface area (Å²) in [7, 11) is 3.73. The van der Waals surface area contributed by atoms with Crippen molar-refractivity contribution in [2.75, 3.05) is 24.7 Å². The van der Waals surface area contributed by atoms with Gasteiger partial charge in [0.25, 0.3) is 0 Å². The fourth-order valence-electron chi connectivity index (χ4n) is 5.40. The Balaban J connectivity index is 1.59. The van der Waals surface area contributed by atoms with Crippen LogP contribution in [0.15, 0.2) is 60.7 Å². The van der Waals surface area contributed by atoms with Crippen molar-refractivity contribution in [2.24, 2.45) is 0 Å². The zero-order chi connectivity index (χ0) is 39.2. The zero-order valence-corrected chi connectivity index (χ0v) is 38.4. The molecule has 0 aliphatic rings. The molecule has 2 aromatic carbocycles. The predicted octanol–water partition coefficient (Wildman–Crippen LogP) is 10.7. The maximum absolute atomic E-state index is 12.8. The molecule has 0 fully saturated rings. The Morgan fingerprint density at radius 2 is 1.04 bits per heavy atom. The Labute approximate surface area is 341 Å². The van der Waals surface area contributed by atoms with Crippen LogP contribution in [0.2, 0.25) is 22.3 Å². The number of carbonyl (C=O) groups excluding carboxylic acids is 4. The average Bonchev–Trinajstić information content (AvgIpc) is 3.17. The second-order valence-electron chi connectivity index (χ2n) is 13.7. The van der Waals surface area contributed by atoms with E-state index in [0.717, 1.165) is 44.9 Å². The molecule has 0 amide bonds. The first-order chi connectivity index (χ1) is 26.2. The van der Waals surface area contributed by atoms with Crippen LogP contribution in [0, 0.1) is 0 Å². The van der Waals surface area contributed by atoms with Crippen molar-refractivity contribution >= 4 is 70.9 Å². The summed E-state index contributed by atoms with van der Waals surface area (Å²) in [5.74, 6) is 0.0765. The Bertz CT molecular complexity index is 1300. The molecule has 2 rings (SSSR count). The quantitative estimate of drug-likeness (QED) is 0.0314. The first kappa shape index (κ1) is 48.3. The monoisotopic (exact) mass is 910 g/mol. The summed E-state index contributed by atoms with van der Waals surface area (Å²) in [4.78, 5) is 50.2. The Morgan fingerprint density at radius 3 is 1.63 bits per heavy atom. The van der Waals surface area contributed by atoms with E-state index in [2.05, 4.69) is 24.1 Å². The summed E-state index contributed by atoms with van der Waals surface area (Å²) >= 11 is -2.12. The van der Waals surface area contributed by atoms with Crippen molar-refractivity contribution in [2.45, 2.75) is 138 Å². The van der Waals surface area contributed by atoms with E-state index >= 15 is 0 Å². The predicted molar refractivity (Wildman–Crippen MR) is 227 cm³/mol. The molecule has 0 spiro atoms. The normalized spacial score (nSPS) is 12.8. The van der Waals surface area contributed by atoms with Gasteiger partial charge in [-0.3, -0.25) is 0 Å². The van der Waals surface area contributed by atoms with Crippen molar-refractivity contribution < 1.29 is 38.1 Å². The third-order valence-electron chi connectivity index (χ3n) is 8.51. The van der Waals surface area contributed by atoms with Gasteiger partial charge in [0, 0.05) is 0 Å². The third kappa shape index (κ3) is 24.6. The van der Waals surface area contributed by atoms with Gasteiger partial charge in [-0.25, -0.2) is 0 Å². The number of hydrogen-bond acceptors (Lipinski definition) is 10. The zero-order valence-electron chi connectivity index (χ0n) is 33.0. The van der Waals surface area contributed by atoms with Crippen LogP contribution < -0.4 is 0 Å². The molecule has 8 nitrogen and oxygen atoms in total. The molecule has 3 unspecified atom stereocenters. The average molecular weight is 911 g/mol. The fourth-order valence-corrected chi connectivity index (χ4v) is 15.2. The molecule has 302 valence electrons. The van der Waals surface area contributed by atoms with E-state index in [1.54, 1.807) is 48.5 Å². The van der Waals surface area contributed by atoms with Gasteiger partial charge in [0.2, 0.25) is 0 Å². The van der Waals surface area contributed by atoms with Crippen molar-refractivity contribution in [3.05, 3.63) is 71.8 Å². The maximum atomic E-state index is 12.8. The Kier molecular flexibility index (Phi) is 27.9. The van der Waals surface area contributed by atoms with Gasteiger partial charge in [-0.15, -0.1) is 0 Å². The SMILES string of the molecule is CCCCCCCCC(=O)OC(COC(=O)CCCCCCCCC[As](C)SCC(COC(=O)c1ccccc1)OC(=O)c1ccccc1)CS[As](C)C. The molecule has 0 aliphatic heterocycles. The van der Waals surface area contributed by atoms with E-state index in [1.807, 2.05) is 32.2 Å². The van der Waals surface area contributed by atoms with Crippen molar-refractivity contribution in [1.29, 1.82) is 0 Å². The van der Waals surface area contributed by atoms with Gasteiger partial charge in [0.1, 0.15) is 0 Å². The molecule has 12 heteroatoms. The van der Waals surface area contributed by atoms with Gasteiger partial charge in [-0.05, 0) is 0 Å². The molecule has 0 bridgehead atoms. The van der Waals surface area contributed by atoms with Gasteiger partial charge < -0.3 is 0 Å². The van der Waals surface area contributed by atoms with Crippen LogP contribution in [0.5, 0.6) is 0 Å². The molecular formula is C42H64As2O8S2. The molecule has 54 heavy (non-hydrogen) atoms. The topological polar surface area (TPSA) is 105 Å². The van der Waals surface area contributed by atoms with Crippen LogP contribution in [0.1, 0.15) is 124 Å². The molecule has 3 atom stereocenters. The molecular weight excluding hydrogens is 846 g/mol. The van der Waals surface area contributed by atoms with Crippen molar-refractivity contribution in [3.63, 3.8) is 0 Å². The number of hydrogen-bond donors (Lipinski definition) is 0. The van der Waals surface area contributed by atoms with E-state index in [0.29, 0.717) is 35.5 Å². The number of esters is 4. The van der Waals surface area contributed by atoms with Gasteiger partial charge in [-0.2, -0.15) is 0 Å². The summed E-state index contributed by atoms with van der Waals surface area (Å²) in [5, 5.41) is 1.19. The van der Waals surface area contributed by atoms with Gasteiger partial charge >= 0.3 is 336 Å². The molecule has 0 aromatic heterocycles. The molecule has 0 N–H and O–H groups in total. The second kappa shape index (κ2) is 31.2. The molecule has 0 aliphatic carbocycles. The summed E-state index contributed by atoms with van der Waals surface area (Å²) in [6.07, 6.45) is 14.3. The third-order valence-corrected chi connectivity index (χ3v) is 21.3. The van der Waals surface area contributed by atoms with Gasteiger partial charge in [0.05, 0.1) is 0 Å².